The van der Waals surface area contributed by atoms with Gasteiger partial charge in [-0.15, -0.1) is 0 Å². The van der Waals surface area contributed by atoms with Crippen LogP contribution in [0.2, 0.25) is 0 Å². The summed E-state index contributed by atoms with van der Waals surface area (Å²) in [6.45, 7) is 0. The van der Waals surface area contributed by atoms with Gasteiger partial charge in [0.25, 0.3) is 11.3 Å². The molecule has 3 rings (SSSR count). The maximum absolute atomic E-state index is 12.7. The molecule has 0 aliphatic carbocycles. The predicted molar refractivity (Wildman–Crippen MR) is 75.2 cm³/mol. The van der Waals surface area contributed by atoms with E-state index in [1.165, 1.54) is 6.07 Å². The lowest BCUT2D eigenvalue weighted by molar-refractivity contribution is -0.137. The summed E-state index contributed by atoms with van der Waals surface area (Å²) in [7, 11) is 0. The van der Waals surface area contributed by atoms with Crippen LogP contribution in [0.25, 0.3) is 21.8 Å². The Balaban J connectivity index is 2.17. The number of benzene rings is 2. The highest BCUT2D eigenvalue weighted by atomic mass is 32.2. The second-order valence-electron chi connectivity index (χ2n) is 4.49. The number of anilines is 1. The average molecular weight is 314 g/mol. The molecule has 0 bridgehead atoms. The zero-order valence-corrected chi connectivity index (χ0v) is 11.2. The van der Waals surface area contributed by atoms with E-state index in [2.05, 4.69) is 9.71 Å². The van der Waals surface area contributed by atoms with Crippen molar-refractivity contribution in [2.75, 3.05) is 4.72 Å². The smallest absolute Gasteiger partial charge is 0.354 e. The van der Waals surface area contributed by atoms with Crippen molar-refractivity contribution in [2.45, 2.75) is 6.18 Å². The average Bonchev–Trinajstić information content (AvgIpc) is 2.73. The third-order valence-electron chi connectivity index (χ3n) is 3.13. The number of aromatic amines is 1. The Kier molecular flexibility index (Phi) is 3.14. The highest BCUT2D eigenvalue weighted by Gasteiger charge is 2.30. The van der Waals surface area contributed by atoms with Gasteiger partial charge < -0.3 is 4.98 Å². The maximum atomic E-state index is 12.7. The van der Waals surface area contributed by atoms with Crippen LogP contribution < -0.4 is 4.72 Å². The van der Waals surface area contributed by atoms with Gasteiger partial charge in [0.2, 0.25) is 0 Å². The van der Waals surface area contributed by atoms with Crippen LogP contribution >= 0.6 is 0 Å². The van der Waals surface area contributed by atoms with Crippen LogP contribution in [0.4, 0.5) is 18.9 Å². The van der Waals surface area contributed by atoms with Crippen LogP contribution in [0.5, 0.6) is 0 Å². The number of rotatable bonds is 2. The molecule has 0 aliphatic heterocycles. The molecular weight excluding hydrogens is 305 g/mol. The molecule has 0 saturated heterocycles. The van der Waals surface area contributed by atoms with Crippen LogP contribution in [0.1, 0.15) is 5.56 Å². The van der Waals surface area contributed by atoms with Crippen molar-refractivity contribution in [3.63, 3.8) is 0 Å². The Morgan fingerprint density at radius 2 is 1.67 bits per heavy atom. The van der Waals surface area contributed by atoms with Crippen LogP contribution in [0.3, 0.4) is 0 Å². The number of alkyl halides is 3. The van der Waals surface area contributed by atoms with Gasteiger partial charge in [-0.3, -0.25) is 9.27 Å². The lowest BCUT2D eigenvalue weighted by Crippen LogP contribution is -2.03. The van der Waals surface area contributed by atoms with E-state index < -0.39 is 23.0 Å². The number of nitrogens with one attached hydrogen (secondary N) is 2. The molecule has 1 unspecified atom stereocenters. The molecule has 4 nitrogen and oxygen atoms in total. The van der Waals surface area contributed by atoms with Crippen molar-refractivity contribution in [1.82, 2.24) is 4.98 Å². The van der Waals surface area contributed by atoms with Crippen LogP contribution in [-0.2, 0) is 17.4 Å². The van der Waals surface area contributed by atoms with E-state index in [9.17, 15) is 17.4 Å². The second-order valence-corrected chi connectivity index (χ2v) is 5.20. The second kappa shape index (κ2) is 4.74. The molecule has 1 atom stereocenters. The minimum atomic E-state index is -4.40. The summed E-state index contributed by atoms with van der Waals surface area (Å²) in [5, 5.41) is 1.41. The quantitative estimate of drug-likeness (QED) is 0.628. The van der Waals surface area contributed by atoms with Gasteiger partial charge in [-0.2, -0.15) is 13.2 Å². The number of hydrogen-bond acceptors (Lipinski definition) is 1. The molecule has 110 valence electrons. The third kappa shape index (κ3) is 2.59. The fourth-order valence-corrected chi connectivity index (χ4v) is 2.58. The summed E-state index contributed by atoms with van der Waals surface area (Å²) in [5.74, 6) is 0. The fraction of sp³-hybridized carbons (Fsp3) is 0.0769. The predicted octanol–water partition coefficient (Wildman–Crippen LogP) is 3.89. The minimum absolute atomic E-state index is 0.363. The van der Waals surface area contributed by atoms with Gasteiger partial charge in [-0.1, -0.05) is 12.1 Å². The zero-order chi connectivity index (χ0) is 15.2. The van der Waals surface area contributed by atoms with E-state index in [0.29, 0.717) is 22.1 Å². The normalized spacial score (nSPS) is 13.7. The Morgan fingerprint density at radius 3 is 2.29 bits per heavy atom. The van der Waals surface area contributed by atoms with Crippen molar-refractivity contribution in [1.29, 1.82) is 0 Å². The number of H-pyrrole nitrogens is 1. The van der Waals surface area contributed by atoms with Gasteiger partial charge in [0.1, 0.15) is 0 Å². The Labute approximate surface area is 119 Å². The van der Waals surface area contributed by atoms with E-state index in [1.54, 1.807) is 18.2 Å². The van der Waals surface area contributed by atoms with Crippen molar-refractivity contribution < 1.29 is 21.9 Å². The van der Waals surface area contributed by atoms with E-state index in [4.69, 9.17) is 4.55 Å². The fourth-order valence-electron chi connectivity index (χ4n) is 2.25. The minimum Gasteiger partial charge on any atom is -0.354 e. The Hall–Kier alpha value is -2.06. The molecule has 3 N–H and O–H groups in total. The summed E-state index contributed by atoms with van der Waals surface area (Å²) >= 11 is -2.21. The molecule has 3 aromatic rings. The van der Waals surface area contributed by atoms with Gasteiger partial charge in [0.15, 0.2) is 0 Å². The number of aromatic nitrogens is 1. The first-order valence-corrected chi connectivity index (χ1v) is 6.95. The van der Waals surface area contributed by atoms with Gasteiger partial charge in [-0.25, -0.2) is 4.21 Å². The zero-order valence-electron chi connectivity index (χ0n) is 10.4. The monoisotopic (exact) mass is 314 g/mol. The Bertz CT molecular complexity index is 858. The standard InChI is InChI=1S/C13H9F3N2O2S/c14-13(15,16)7-1-3-9-10-4-2-8(18-21(19)20)6-12(10)17-11(9)5-7/h1-6,17-18H,(H,19,20). The van der Waals surface area contributed by atoms with E-state index in [-0.39, 0.29) is 0 Å². The topological polar surface area (TPSA) is 65.1 Å². The van der Waals surface area contributed by atoms with Crippen LogP contribution in [0, 0.1) is 0 Å². The summed E-state index contributed by atoms with van der Waals surface area (Å²) in [4.78, 5) is 2.88. The first kappa shape index (κ1) is 13.9. The van der Waals surface area contributed by atoms with Crippen molar-refractivity contribution in [2.24, 2.45) is 0 Å². The number of hydrogen-bond donors (Lipinski definition) is 3. The first-order chi connectivity index (χ1) is 9.84. The van der Waals surface area contributed by atoms with E-state index >= 15 is 0 Å². The van der Waals surface area contributed by atoms with Gasteiger partial charge in [0.05, 0.1) is 11.3 Å². The molecule has 2 aromatic carbocycles. The van der Waals surface area contributed by atoms with Gasteiger partial charge in [0, 0.05) is 21.8 Å². The van der Waals surface area contributed by atoms with Gasteiger partial charge >= 0.3 is 6.18 Å². The van der Waals surface area contributed by atoms with Gasteiger partial charge in [-0.05, 0) is 24.3 Å². The van der Waals surface area contributed by atoms with Crippen molar-refractivity contribution >= 4 is 38.8 Å². The maximum Gasteiger partial charge on any atom is 0.416 e. The Morgan fingerprint density at radius 1 is 1.05 bits per heavy atom. The molecule has 1 heterocycles. The van der Waals surface area contributed by atoms with Crippen LogP contribution in [-0.4, -0.2) is 13.7 Å². The molecular formula is C13H9F3N2O2S. The number of halogens is 3. The van der Waals surface area contributed by atoms with Crippen LogP contribution in [0.15, 0.2) is 36.4 Å². The first-order valence-electron chi connectivity index (χ1n) is 5.85. The molecule has 21 heavy (non-hydrogen) atoms. The van der Waals surface area contributed by atoms with Crippen molar-refractivity contribution in [3.8, 4) is 0 Å². The summed E-state index contributed by atoms with van der Waals surface area (Å²) in [5.41, 5.74) is 0.615. The molecule has 0 fully saturated rings. The highest BCUT2D eigenvalue weighted by Crippen LogP contribution is 2.34. The van der Waals surface area contributed by atoms with Crippen molar-refractivity contribution in [3.05, 3.63) is 42.0 Å². The van der Waals surface area contributed by atoms with E-state index in [1.807, 2.05) is 0 Å². The lowest BCUT2D eigenvalue weighted by Gasteiger charge is -2.05. The molecule has 0 aliphatic rings. The summed E-state index contributed by atoms with van der Waals surface area (Å²) in [6.07, 6.45) is -4.40. The molecule has 0 radical (unpaired) electrons. The third-order valence-corrected chi connectivity index (χ3v) is 3.54. The SMILES string of the molecule is O=S(O)Nc1ccc2c(c1)[nH]c1cc(C(F)(F)F)ccc12. The lowest BCUT2D eigenvalue weighted by atomic mass is 10.1. The highest BCUT2D eigenvalue weighted by molar-refractivity contribution is 7.80. The summed E-state index contributed by atoms with van der Waals surface area (Å²) in [6, 6.07) is 8.32. The number of fused-ring (bicyclic) bond motifs is 3. The molecule has 1 aromatic heterocycles. The largest absolute Gasteiger partial charge is 0.416 e. The molecule has 0 spiro atoms. The van der Waals surface area contributed by atoms with E-state index in [0.717, 1.165) is 17.5 Å². The molecule has 0 amide bonds. The summed E-state index contributed by atoms with van der Waals surface area (Å²) < 4.78 is 59.9. The molecule has 0 saturated carbocycles. The molecule has 8 heteroatoms.